The molecule has 0 aromatic heterocycles. The Morgan fingerprint density at radius 2 is 1.93 bits per heavy atom. The third kappa shape index (κ3) is 5.42. The first kappa shape index (κ1) is 20.1. The summed E-state index contributed by atoms with van der Waals surface area (Å²) in [5.41, 5.74) is 2.34. The van der Waals surface area contributed by atoms with Crippen molar-refractivity contribution in [3.05, 3.63) is 64.7 Å². The summed E-state index contributed by atoms with van der Waals surface area (Å²) in [5.74, 6) is 0.366. The minimum absolute atomic E-state index is 0.0638. The van der Waals surface area contributed by atoms with Crippen molar-refractivity contribution in [3.8, 4) is 5.75 Å². The van der Waals surface area contributed by atoms with Gasteiger partial charge in [0.25, 0.3) is 0 Å². The van der Waals surface area contributed by atoms with Crippen LogP contribution in [-0.2, 0) is 17.8 Å². The molecule has 28 heavy (non-hydrogen) atoms. The van der Waals surface area contributed by atoms with Gasteiger partial charge in [-0.1, -0.05) is 12.1 Å². The van der Waals surface area contributed by atoms with Crippen molar-refractivity contribution in [1.29, 1.82) is 0 Å². The lowest BCUT2D eigenvalue weighted by Crippen LogP contribution is -2.36. The van der Waals surface area contributed by atoms with Crippen LogP contribution in [0.4, 0.5) is 8.78 Å². The number of benzene rings is 2. The zero-order chi connectivity index (χ0) is 19.9. The van der Waals surface area contributed by atoms with E-state index >= 15 is 0 Å². The maximum atomic E-state index is 13.8. The Balaban J connectivity index is 1.60. The van der Waals surface area contributed by atoms with Crippen LogP contribution < -0.4 is 15.4 Å². The number of nitrogens with zero attached hydrogens (tertiary/aromatic N) is 1. The highest BCUT2D eigenvalue weighted by Crippen LogP contribution is 2.23. The number of nitrogens with one attached hydrogen (secondary N) is 2. The zero-order valence-corrected chi connectivity index (χ0v) is 16.1. The van der Waals surface area contributed by atoms with Crippen LogP contribution in [0.25, 0.3) is 0 Å². The highest BCUT2D eigenvalue weighted by molar-refractivity contribution is 5.79. The molecule has 0 amide bonds. The van der Waals surface area contributed by atoms with Crippen molar-refractivity contribution in [2.45, 2.75) is 32.5 Å². The molecule has 1 atom stereocenters. The van der Waals surface area contributed by atoms with E-state index in [-0.39, 0.29) is 18.2 Å². The lowest BCUT2D eigenvalue weighted by atomic mass is 10.1. The van der Waals surface area contributed by atoms with Crippen LogP contribution in [0, 0.1) is 18.6 Å². The van der Waals surface area contributed by atoms with Crippen molar-refractivity contribution >= 4 is 5.96 Å². The highest BCUT2D eigenvalue weighted by atomic mass is 19.1. The quantitative estimate of drug-likeness (QED) is 0.588. The van der Waals surface area contributed by atoms with E-state index in [1.165, 1.54) is 6.07 Å². The van der Waals surface area contributed by atoms with Crippen molar-refractivity contribution < 1.29 is 18.3 Å². The van der Waals surface area contributed by atoms with Crippen molar-refractivity contribution in [2.24, 2.45) is 4.99 Å². The first-order valence-electron chi connectivity index (χ1n) is 9.27. The van der Waals surface area contributed by atoms with Gasteiger partial charge in [0.05, 0.1) is 13.2 Å². The van der Waals surface area contributed by atoms with E-state index in [9.17, 15) is 8.78 Å². The molecular weight excluding hydrogens is 364 g/mol. The standard InChI is InChI=1S/C21H25F2N3O2/c1-14-3-4-15(20(9-14)28-18-7-8-27-13-18)11-25-21(24-2)26-12-16-10-17(22)5-6-19(16)23/h3-6,9-10,18H,7-8,11-13H2,1-2H3,(H2,24,25,26). The van der Waals surface area contributed by atoms with Crippen molar-refractivity contribution in [3.63, 3.8) is 0 Å². The summed E-state index contributed by atoms with van der Waals surface area (Å²) >= 11 is 0. The van der Waals surface area contributed by atoms with Crippen LogP contribution in [0.1, 0.15) is 23.1 Å². The van der Waals surface area contributed by atoms with Crippen LogP contribution in [0.15, 0.2) is 41.4 Å². The molecule has 2 aromatic rings. The number of aryl methyl sites for hydroxylation is 1. The Morgan fingerprint density at radius 1 is 1.14 bits per heavy atom. The SMILES string of the molecule is CN=C(NCc1cc(F)ccc1F)NCc1ccc(C)cc1OC1CCOC1. The molecule has 0 saturated carbocycles. The van der Waals surface area contributed by atoms with Gasteiger partial charge in [-0.3, -0.25) is 4.99 Å². The van der Waals surface area contributed by atoms with Crippen LogP contribution in [0.5, 0.6) is 5.75 Å². The monoisotopic (exact) mass is 389 g/mol. The molecule has 2 aromatic carbocycles. The fraction of sp³-hybridized carbons (Fsp3) is 0.381. The largest absolute Gasteiger partial charge is 0.488 e. The third-order valence-corrected chi connectivity index (χ3v) is 4.53. The van der Waals surface area contributed by atoms with Gasteiger partial charge < -0.3 is 20.1 Å². The maximum Gasteiger partial charge on any atom is 0.191 e. The van der Waals surface area contributed by atoms with E-state index in [1.807, 2.05) is 25.1 Å². The molecule has 1 saturated heterocycles. The molecule has 150 valence electrons. The number of hydrogen-bond acceptors (Lipinski definition) is 3. The van der Waals surface area contributed by atoms with E-state index < -0.39 is 11.6 Å². The number of guanidine groups is 1. The number of hydrogen-bond donors (Lipinski definition) is 2. The topological polar surface area (TPSA) is 54.9 Å². The molecule has 0 bridgehead atoms. The van der Waals surface area contributed by atoms with E-state index in [0.717, 1.165) is 42.0 Å². The van der Waals surface area contributed by atoms with E-state index in [4.69, 9.17) is 9.47 Å². The number of aliphatic imine (C=N–C) groups is 1. The number of halogens is 2. The second kappa shape index (κ2) is 9.50. The Kier molecular flexibility index (Phi) is 6.81. The normalized spacial score (nSPS) is 16.9. The molecule has 1 heterocycles. The fourth-order valence-corrected chi connectivity index (χ4v) is 2.96. The molecule has 1 unspecified atom stereocenters. The molecule has 1 aliphatic rings. The van der Waals surface area contributed by atoms with Gasteiger partial charge in [0.1, 0.15) is 23.5 Å². The molecule has 1 fully saturated rings. The average Bonchev–Trinajstić information content (AvgIpc) is 3.19. The van der Waals surface area contributed by atoms with Gasteiger partial charge in [-0.15, -0.1) is 0 Å². The molecule has 0 radical (unpaired) electrons. The third-order valence-electron chi connectivity index (χ3n) is 4.53. The average molecular weight is 389 g/mol. The van der Waals surface area contributed by atoms with Gasteiger partial charge >= 0.3 is 0 Å². The number of rotatable bonds is 6. The minimum atomic E-state index is -0.474. The minimum Gasteiger partial charge on any atom is -0.488 e. The Morgan fingerprint density at radius 3 is 2.64 bits per heavy atom. The van der Waals surface area contributed by atoms with Crippen LogP contribution in [0.2, 0.25) is 0 Å². The molecule has 1 aliphatic heterocycles. The molecule has 5 nitrogen and oxygen atoms in total. The van der Waals surface area contributed by atoms with E-state index in [2.05, 4.69) is 15.6 Å². The second-order valence-electron chi connectivity index (χ2n) is 6.73. The molecule has 2 N–H and O–H groups in total. The molecule has 3 rings (SSSR count). The Hall–Kier alpha value is -2.67. The summed E-state index contributed by atoms with van der Waals surface area (Å²) in [6, 6.07) is 9.42. The van der Waals surface area contributed by atoms with Crippen LogP contribution in [0.3, 0.4) is 0 Å². The van der Waals surface area contributed by atoms with Gasteiger partial charge in [0.15, 0.2) is 5.96 Å². The van der Waals surface area contributed by atoms with Crippen LogP contribution in [-0.4, -0.2) is 32.3 Å². The smallest absolute Gasteiger partial charge is 0.191 e. The van der Waals surface area contributed by atoms with Gasteiger partial charge in [-0.2, -0.15) is 0 Å². The second-order valence-corrected chi connectivity index (χ2v) is 6.73. The first-order valence-corrected chi connectivity index (χ1v) is 9.27. The summed E-state index contributed by atoms with van der Waals surface area (Å²) in [6.45, 7) is 3.94. The lowest BCUT2D eigenvalue weighted by Gasteiger charge is -2.18. The summed E-state index contributed by atoms with van der Waals surface area (Å²) in [4.78, 5) is 4.14. The molecule has 0 spiro atoms. The predicted molar refractivity (Wildman–Crippen MR) is 104 cm³/mol. The van der Waals surface area contributed by atoms with Gasteiger partial charge in [0.2, 0.25) is 0 Å². The first-order chi connectivity index (χ1) is 13.5. The van der Waals surface area contributed by atoms with Gasteiger partial charge in [0, 0.05) is 37.7 Å². The maximum absolute atomic E-state index is 13.8. The molecular formula is C21H25F2N3O2. The highest BCUT2D eigenvalue weighted by Gasteiger charge is 2.18. The Bertz CT molecular complexity index is 836. The number of ether oxygens (including phenoxy) is 2. The fourth-order valence-electron chi connectivity index (χ4n) is 2.96. The van der Waals surface area contributed by atoms with Gasteiger partial charge in [-0.05, 0) is 36.8 Å². The summed E-state index contributed by atoms with van der Waals surface area (Å²) in [7, 11) is 1.62. The Labute approximate surface area is 163 Å². The lowest BCUT2D eigenvalue weighted by molar-refractivity contribution is 0.140. The van der Waals surface area contributed by atoms with Crippen molar-refractivity contribution in [2.75, 3.05) is 20.3 Å². The zero-order valence-electron chi connectivity index (χ0n) is 16.1. The van der Waals surface area contributed by atoms with Gasteiger partial charge in [-0.25, -0.2) is 8.78 Å². The summed E-state index contributed by atoms with van der Waals surface area (Å²) in [6.07, 6.45) is 0.942. The molecule has 0 aliphatic carbocycles. The van der Waals surface area contributed by atoms with E-state index in [0.29, 0.717) is 19.1 Å². The van der Waals surface area contributed by atoms with E-state index in [1.54, 1.807) is 7.05 Å². The summed E-state index contributed by atoms with van der Waals surface area (Å²) in [5, 5.41) is 6.19. The summed E-state index contributed by atoms with van der Waals surface area (Å²) < 4.78 is 38.5. The predicted octanol–water partition coefficient (Wildman–Crippen LogP) is 3.31. The molecule has 7 heteroatoms. The van der Waals surface area contributed by atoms with Crippen LogP contribution >= 0.6 is 0 Å². The van der Waals surface area contributed by atoms with Crippen molar-refractivity contribution in [1.82, 2.24) is 10.6 Å².